The Bertz CT molecular complexity index is 944. The molecule has 27 heavy (non-hydrogen) atoms. The number of hydrogen-bond donors (Lipinski definition) is 1. The molecule has 3 aromatic rings. The highest BCUT2D eigenvalue weighted by Gasteiger charge is 2.14. The number of benzene rings is 1. The van der Waals surface area contributed by atoms with E-state index in [1.54, 1.807) is 29.4 Å². The lowest BCUT2D eigenvalue weighted by Crippen LogP contribution is -2.32. The number of rotatable bonds is 6. The van der Waals surface area contributed by atoms with Gasteiger partial charge in [0, 0.05) is 36.4 Å². The van der Waals surface area contributed by atoms with Crippen LogP contribution in [0.4, 0.5) is 0 Å². The number of nitrogens with one attached hydrogen (secondary N) is 1. The van der Waals surface area contributed by atoms with Gasteiger partial charge in [0.15, 0.2) is 6.29 Å². The van der Waals surface area contributed by atoms with Gasteiger partial charge in [-0.05, 0) is 60.7 Å². The van der Waals surface area contributed by atoms with Crippen molar-refractivity contribution in [2.45, 2.75) is 30.4 Å². The number of ether oxygens (including phenoxy) is 1. The van der Waals surface area contributed by atoms with Crippen molar-refractivity contribution < 1.29 is 14.4 Å². The molecule has 0 bridgehead atoms. The zero-order valence-electron chi connectivity index (χ0n) is 14.5. The molecule has 140 valence electrons. The van der Waals surface area contributed by atoms with Gasteiger partial charge in [0.05, 0.1) is 15.7 Å². The summed E-state index contributed by atoms with van der Waals surface area (Å²) in [4.78, 5) is 22.5. The van der Waals surface area contributed by atoms with Crippen LogP contribution in [0.5, 0.6) is 0 Å². The van der Waals surface area contributed by atoms with Gasteiger partial charge in [-0.25, -0.2) is 15.3 Å². The topological polar surface area (TPSA) is 65.4 Å². The lowest BCUT2D eigenvalue weighted by atomic mass is 10.2. The van der Waals surface area contributed by atoms with Crippen LogP contribution in [0.3, 0.4) is 0 Å². The first-order valence-electron chi connectivity index (χ1n) is 8.71. The van der Waals surface area contributed by atoms with Crippen molar-refractivity contribution in [3.8, 4) is 0 Å². The summed E-state index contributed by atoms with van der Waals surface area (Å²) in [6.45, 7) is 0.678. The van der Waals surface area contributed by atoms with Crippen LogP contribution >= 0.6 is 23.3 Å². The Balaban J connectivity index is 1.30. The van der Waals surface area contributed by atoms with Crippen LogP contribution in [0.15, 0.2) is 53.1 Å². The van der Waals surface area contributed by atoms with E-state index in [0.717, 1.165) is 35.2 Å². The van der Waals surface area contributed by atoms with Crippen molar-refractivity contribution in [1.82, 2.24) is 14.4 Å². The van der Waals surface area contributed by atoms with E-state index in [4.69, 9.17) is 9.57 Å². The summed E-state index contributed by atoms with van der Waals surface area (Å²) in [6.07, 6.45) is 9.70. The maximum Gasteiger partial charge on any atom is 0.267 e. The monoisotopic (exact) mass is 401 g/mol. The number of carbonyl (C=O) groups excluding carboxylic acids is 1. The molecule has 0 saturated carbocycles. The summed E-state index contributed by atoms with van der Waals surface area (Å²) in [5.74, 6) is -0.305. The Morgan fingerprint density at radius 2 is 2.37 bits per heavy atom. The second kappa shape index (κ2) is 8.71. The van der Waals surface area contributed by atoms with Crippen LogP contribution < -0.4 is 5.48 Å². The fourth-order valence-corrected chi connectivity index (χ4v) is 4.33. The Morgan fingerprint density at radius 3 is 3.26 bits per heavy atom. The van der Waals surface area contributed by atoms with Crippen LogP contribution in [0.2, 0.25) is 0 Å². The van der Waals surface area contributed by atoms with Gasteiger partial charge >= 0.3 is 0 Å². The quantitative estimate of drug-likeness (QED) is 0.494. The smallest absolute Gasteiger partial charge is 0.267 e. The van der Waals surface area contributed by atoms with E-state index in [9.17, 15) is 4.79 Å². The molecule has 8 heteroatoms. The molecule has 1 N–H and O–H groups in total. The van der Waals surface area contributed by atoms with Crippen LogP contribution in [0, 0.1) is 0 Å². The third-order valence-electron chi connectivity index (χ3n) is 4.06. The highest BCUT2D eigenvalue weighted by Crippen LogP contribution is 2.27. The van der Waals surface area contributed by atoms with E-state index >= 15 is 0 Å². The summed E-state index contributed by atoms with van der Waals surface area (Å²) < 4.78 is 8.58. The number of nitrogens with zero attached hydrogens (tertiary/aromatic N) is 2. The minimum absolute atomic E-state index is 0.305. The molecule has 1 aromatic carbocycles. The zero-order valence-corrected chi connectivity index (χ0v) is 16.2. The Labute approximate surface area is 165 Å². The maximum atomic E-state index is 11.9. The molecule has 1 amide bonds. The predicted molar refractivity (Wildman–Crippen MR) is 107 cm³/mol. The average molecular weight is 402 g/mol. The largest absolute Gasteiger partial charge is 0.350 e. The molecule has 1 unspecified atom stereocenters. The Morgan fingerprint density at radius 1 is 1.41 bits per heavy atom. The first kappa shape index (κ1) is 18.2. The number of amides is 1. The SMILES string of the molecule is O=C(C=Cc1ccn(Sc2ccc3ncsc3c2)c1)NOC1CCCCO1. The number of thiazole rings is 1. The van der Waals surface area contributed by atoms with Gasteiger partial charge in [0.2, 0.25) is 0 Å². The Hall–Kier alpha value is -2.13. The van der Waals surface area contributed by atoms with E-state index < -0.39 is 0 Å². The molecule has 4 rings (SSSR count). The van der Waals surface area contributed by atoms with Crippen LogP contribution in [0.1, 0.15) is 24.8 Å². The van der Waals surface area contributed by atoms with Gasteiger partial charge in [0.25, 0.3) is 5.91 Å². The zero-order chi connectivity index (χ0) is 18.5. The Kier molecular flexibility index (Phi) is 5.88. The normalized spacial score (nSPS) is 17.6. The summed E-state index contributed by atoms with van der Waals surface area (Å²) in [7, 11) is 0. The average Bonchev–Trinajstić information content (AvgIpc) is 3.34. The second-order valence-corrected chi connectivity index (χ2v) is 8.05. The molecule has 6 nitrogen and oxygen atoms in total. The molecule has 3 heterocycles. The molecule has 1 aliphatic heterocycles. The minimum Gasteiger partial charge on any atom is -0.350 e. The van der Waals surface area contributed by atoms with Crippen molar-refractivity contribution in [2.75, 3.05) is 6.61 Å². The maximum absolute atomic E-state index is 11.9. The van der Waals surface area contributed by atoms with E-state index in [2.05, 4.69) is 22.6 Å². The van der Waals surface area contributed by atoms with E-state index in [-0.39, 0.29) is 12.2 Å². The molecule has 1 fully saturated rings. The summed E-state index contributed by atoms with van der Waals surface area (Å²) in [5.41, 5.74) is 6.23. The first-order valence-corrected chi connectivity index (χ1v) is 10.4. The number of hydroxylamine groups is 1. The van der Waals surface area contributed by atoms with Crippen molar-refractivity contribution in [3.63, 3.8) is 0 Å². The summed E-state index contributed by atoms with van der Waals surface area (Å²) in [5, 5.41) is 0. The lowest BCUT2D eigenvalue weighted by Gasteiger charge is -2.21. The number of hydrogen-bond acceptors (Lipinski definition) is 6. The molecular weight excluding hydrogens is 382 g/mol. The molecule has 1 atom stereocenters. The van der Waals surface area contributed by atoms with Gasteiger partial charge in [-0.15, -0.1) is 11.3 Å². The summed E-state index contributed by atoms with van der Waals surface area (Å²) in [6, 6.07) is 8.16. The molecule has 0 spiro atoms. The molecule has 1 saturated heterocycles. The van der Waals surface area contributed by atoms with Gasteiger partial charge in [-0.1, -0.05) is 0 Å². The van der Waals surface area contributed by atoms with Crippen molar-refractivity contribution >= 4 is 45.5 Å². The molecule has 2 aromatic heterocycles. The third kappa shape index (κ3) is 4.98. The second-order valence-electron chi connectivity index (χ2n) is 6.09. The molecular formula is C19H19N3O3S2. The third-order valence-corrected chi connectivity index (χ3v) is 5.75. The van der Waals surface area contributed by atoms with Crippen LogP contribution in [-0.4, -0.2) is 27.8 Å². The van der Waals surface area contributed by atoms with Crippen LogP contribution in [0.25, 0.3) is 16.3 Å². The van der Waals surface area contributed by atoms with Crippen molar-refractivity contribution in [2.24, 2.45) is 0 Å². The minimum atomic E-state index is -0.343. The van der Waals surface area contributed by atoms with E-state index in [0.29, 0.717) is 6.61 Å². The van der Waals surface area contributed by atoms with E-state index in [1.165, 1.54) is 10.8 Å². The van der Waals surface area contributed by atoms with Gasteiger partial charge < -0.3 is 4.74 Å². The fraction of sp³-hybridized carbons (Fsp3) is 0.263. The first-order chi connectivity index (χ1) is 13.3. The molecule has 0 aliphatic carbocycles. The standard InChI is InChI=1S/C19H19N3O3S2/c23-18(21-25-19-3-1-2-10-24-19)7-4-14-8-9-22(12-14)27-15-5-6-16-17(11-15)26-13-20-16/h4-9,11-13,19H,1-3,10H2,(H,21,23). The number of aromatic nitrogens is 2. The van der Waals surface area contributed by atoms with Crippen molar-refractivity contribution in [1.29, 1.82) is 0 Å². The highest BCUT2D eigenvalue weighted by molar-refractivity contribution is 7.97. The number of fused-ring (bicyclic) bond motifs is 1. The van der Waals surface area contributed by atoms with Gasteiger partial charge in [0.1, 0.15) is 0 Å². The lowest BCUT2D eigenvalue weighted by molar-refractivity contribution is -0.198. The number of carbonyl (C=O) groups is 1. The summed E-state index contributed by atoms with van der Waals surface area (Å²) >= 11 is 3.24. The van der Waals surface area contributed by atoms with Crippen LogP contribution in [-0.2, 0) is 14.4 Å². The van der Waals surface area contributed by atoms with Gasteiger partial charge in [-0.3, -0.25) is 8.77 Å². The fourth-order valence-electron chi connectivity index (χ4n) is 2.70. The van der Waals surface area contributed by atoms with Gasteiger partial charge in [-0.2, -0.15) is 0 Å². The molecule has 0 radical (unpaired) electrons. The van der Waals surface area contributed by atoms with Crippen molar-refractivity contribution in [3.05, 3.63) is 53.8 Å². The molecule has 1 aliphatic rings. The predicted octanol–water partition coefficient (Wildman–Crippen LogP) is 4.24. The highest BCUT2D eigenvalue weighted by atomic mass is 32.2. The van der Waals surface area contributed by atoms with E-state index in [1.807, 2.05) is 34.0 Å².